The average molecular weight is 277 g/mol. The summed E-state index contributed by atoms with van der Waals surface area (Å²) in [5, 5.41) is 3.73. The first-order valence-electron chi connectivity index (χ1n) is 8.43. The molecule has 1 saturated carbocycles. The van der Waals surface area contributed by atoms with Gasteiger partial charge in [-0.2, -0.15) is 0 Å². The molecule has 114 valence electrons. The predicted molar refractivity (Wildman–Crippen MR) is 84.9 cm³/mol. The standard InChI is InChI=1S/C18H31NO/c1-5-15-9-10-16(20-15)17(19-6-2)18(13-14(3)4)11-7-8-12-18/h9-10,14,17,19H,5-8,11-13H2,1-4H3. The van der Waals surface area contributed by atoms with Crippen LogP contribution in [-0.4, -0.2) is 6.54 Å². The van der Waals surface area contributed by atoms with E-state index < -0.39 is 0 Å². The van der Waals surface area contributed by atoms with Crippen molar-refractivity contribution in [1.29, 1.82) is 0 Å². The molecule has 0 amide bonds. The molecule has 2 rings (SSSR count). The number of hydrogen-bond donors (Lipinski definition) is 1. The maximum absolute atomic E-state index is 6.10. The van der Waals surface area contributed by atoms with E-state index >= 15 is 0 Å². The van der Waals surface area contributed by atoms with Crippen molar-refractivity contribution in [3.05, 3.63) is 23.7 Å². The minimum absolute atomic E-state index is 0.387. The molecule has 1 aliphatic rings. The van der Waals surface area contributed by atoms with Crippen molar-refractivity contribution < 1.29 is 4.42 Å². The molecule has 0 aromatic carbocycles. The highest BCUT2D eigenvalue weighted by atomic mass is 16.3. The molecule has 0 bridgehead atoms. The van der Waals surface area contributed by atoms with E-state index in [9.17, 15) is 0 Å². The monoisotopic (exact) mass is 277 g/mol. The Morgan fingerprint density at radius 3 is 2.40 bits per heavy atom. The average Bonchev–Trinajstić information content (AvgIpc) is 3.04. The normalized spacial score (nSPS) is 19.6. The lowest BCUT2D eigenvalue weighted by Gasteiger charge is -2.38. The number of aryl methyl sites for hydroxylation is 1. The molecule has 2 heteroatoms. The van der Waals surface area contributed by atoms with Crippen LogP contribution in [0.5, 0.6) is 0 Å². The van der Waals surface area contributed by atoms with Gasteiger partial charge in [-0.25, -0.2) is 0 Å². The van der Waals surface area contributed by atoms with Crippen molar-refractivity contribution in [2.45, 2.75) is 72.3 Å². The predicted octanol–water partition coefficient (Wildman–Crippen LogP) is 5.10. The van der Waals surface area contributed by atoms with Crippen LogP contribution in [0.4, 0.5) is 0 Å². The Kier molecular flexibility index (Phi) is 5.31. The van der Waals surface area contributed by atoms with Crippen LogP contribution in [0.2, 0.25) is 0 Å². The van der Waals surface area contributed by atoms with Gasteiger partial charge in [0.2, 0.25) is 0 Å². The number of nitrogens with one attached hydrogen (secondary N) is 1. The molecule has 1 aromatic rings. The largest absolute Gasteiger partial charge is 0.464 e. The smallest absolute Gasteiger partial charge is 0.121 e. The summed E-state index contributed by atoms with van der Waals surface area (Å²) in [6, 6.07) is 4.74. The van der Waals surface area contributed by atoms with Crippen molar-refractivity contribution in [3.63, 3.8) is 0 Å². The molecule has 1 atom stereocenters. The molecule has 1 unspecified atom stereocenters. The van der Waals surface area contributed by atoms with Gasteiger partial charge in [-0.3, -0.25) is 0 Å². The van der Waals surface area contributed by atoms with Gasteiger partial charge in [0.1, 0.15) is 11.5 Å². The summed E-state index contributed by atoms with van der Waals surface area (Å²) in [5.41, 5.74) is 0.396. The molecule has 1 aliphatic carbocycles. The Bertz CT molecular complexity index is 401. The van der Waals surface area contributed by atoms with Crippen LogP contribution < -0.4 is 5.32 Å². The first kappa shape index (κ1) is 15.6. The molecule has 20 heavy (non-hydrogen) atoms. The zero-order valence-electron chi connectivity index (χ0n) is 13.7. The van der Waals surface area contributed by atoms with Crippen LogP contribution in [-0.2, 0) is 6.42 Å². The lowest BCUT2D eigenvalue weighted by atomic mass is 9.71. The Balaban J connectivity index is 2.28. The van der Waals surface area contributed by atoms with Gasteiger partial charge in [0.05, 0.1) is 6.04 Å². The summed E-state index contributed by atoms with van der Waals surface area (Å²) in [6.07, 6.45) is 7.70. The van der Waals surface area contributed by atoms with E-state index in [4.69, 9.17) is 4.42 Å². The molecule has 0 saturated heterocycles. The van der Waals surface area contributed by atoms with Crippen molar-refractivity contribution in [2.75, 3.05) is 6.54 Å². The molecule has 2 nitrogen and oxygen atoms in total. The third-order valence-electron chi connectivity index (χ3n) is 4.75. The van der Waals surface area contributed by atoms with E-state index in [2.05, 4.69) is 45.1 Å². The zero-order chi connectivity index (χ0) is 14.6. The topological polar surface area (TPSA) is 25.2 Å². The highest BCUT2D eigenvalue weighted by Gasteiger charge is 2.43. The molecule has 1 N–H and O–H groups in total. The van der Waals surface area contributed by atoms with E-state index in [0.29, 0.717) is 11.5 Å². The second-order valence-electron chi connectivity index (χ2n) is 6.82. The fourth-order valence-electron chi connectivity index (χ4n) is 4.07. The molecule has 0 radical (unpaired) electrons. The number of rotatable bonds is 7. The van der Waals surface area contributed by atoms with E-state index in [0.717, 1.165) is 30.4 Å². The third-order valence-corrected chi connectivity index (χ3v) is 4.75. The molecule has 1 fully saturated rings. The summed E-state index contributed by atoms with van der Waals surface area (Å²) in [4.78, 5) is 0. The highest BCUT2D eigenvalue weighted by Crippen LogP contribution is 2.51. The second kappa shape index (κ2) is 6.80. The van der Waals surface area contributed by atoms with Crippen LogP contribution in [0.25, 0.3) is 0 Å². The van der Waals surface area contributed by atoms with Gasteiger partial charge in [-0.05, 0) is 49.3 Å². The summed E-state index contributed by atoms with van der Waals surface area (Å²) in [5.74, 6) is 3.02. The van der Waals surface area contributed by atoms with E-state index in [-0.39, 0.29) is 0 Å². The second-order valence-corrected chi connectivity index (χ2v) is 6.82. The van der Waals surface area contributed by atoms with E-state index in [1.54, 1.807) is 0 Å². The molecule has 1 aromatic heterocycles. The number of hydrogen-bond acceptors (Lipinski definition) is 2. The summed E-state index contributed by atoms with van der Waals surface area (Å²) in [6.45, 7) is 10.1. The van der Waals surface area contributed by atoms with Gasteiger partial charge in [0.15, 0.2) is 0 Å². The minimum atomic E-state index is 0.387. The van der Waals surface area contributed by atoms with Gasteiger partial charge in [-0.1, -0.05) is 40.5 Å². The summed E-state index contributed by atoms with van der Waals surface area (Å²) >= 11 is 0. The van der Waals surface area contributed by atoms with Crippen LogP contribution in [0, 0.1) is 11.3 Å². The third kappa shape index (κ3) is 3.28. The van der Waals surface area contributed by atoms with E-state index in [1.807, 2.05) is 0 Å². The zero-order valence-corrected chi connectivity index (χ0v) is 13.7. The van der Waals surface area contributed by atoms with Crippen LogP contribution in [0.15, 0.2) is 16.5 Å². The number of furan rings is 1. The Hall–Kier alpha value is -0.760. The first-order chi connectivity index (χ1) is 9.61. The molecule has 0 spiro atoms. The summed E-state index contributed by atoms with van der Waals surface area (Å²) in [7, 11) is 0. The van der Waals surface area contributed by atoms with Gasteiger partial charge >= 0.3 is 0 Å². The van der Waals surface area contributed by atoms with Crippen LogP contribution in [0.1, 0.15) is 77.4 Å². The Morgan fingerprint density at radius 1 is 1.20 bits per heavy atom. The minimum Gasteiger partial charge on any atom is -0.464 e. The molecular weight excluding hydrogens is 246 g/mol. The Morgan fingerprint density at radius 2 is 1.90 bits per heavy atom. The highest BCUT2D eigenvalue weighted by molar-refractivity contribution is 5.15. The maximum atomic E-state index is 6.10. The quantitative estimate of drug-likeness (QED) is 0.750. The van der Waals surface area contributed by atoms with Crippen molar-refractivity contribution in [1.82, 2.24) is 5.32 Å². The molecule has 1 heterocycles. The van der Waals surface area contributed by atoms with Crippen molar-refractivity contribution in [3.8, 4) is 0 Å². The first-order valence-corrected chi connectivity index (χ1v) is 8.43. The van der Waals surface area contributed by atoms with Crippen LogP contribution in [0.3, 0.4) is 0 Å². The van der Waals surface area contributed by atoms with Crippen molar-refractivity contribution >= 4 is 0 Å². The molecular formula is C18H31NO. The fourth-order valence-corrected chi connectivity index (χ4v) is 4.07. The summed E-state index contributed by atoms with van der Waals surface area (Å²) < 4.78 is 6.10. The maximum Gasteiger partial charge on any atom is 0.121 e. The fraction of sp³-hybridized carbons (Fsp3) is 0.778. The molecule has 0 aliphatic heterocycles. The SMILES string of the molecule is CCNC(c1ccc(CC)o1)C1(CC(C)C)CCCC1. The lowest BCUT2D eigenvalue weighted by Crippen LogP contribution is -2.37. The van der Waals surface area contributed by atoms with Gasteiger partial charge in [0, 0.05) is 6.42 Å². The Labute approximate surface area is 124 Å². The van der Waals surface area contributed by atoms with Gasteiger partial charge in [0.25, 0.3) is 0 Å². The van der Waals surface area contributed by atoms with Gasteiger partial charge in [-0.15, -0.1) is 0 Å². The van der Waals surface area contributed by atoms with E-state index in [1.165, 1.54) is 32.1 Å². The lowest BCUT2D eigenvalue weighted by molar-refractivity contribution is 0.138. The van der Waals surface area contributed by atoms with Crippen LogP contribution >= 0.6 is 0 Å². The van der Waals surface area contributed by atoms with Crippen molar-refractivity contribution in [2.24, 2.45) is 11.3 Å². The van der Waals surface area contributed by atoms with Gasteiger partial charge < -0.3 is 9.73 Å².